The average Bonchev–Trinajstić information content (AvgIpc) is 2.42. The average molecular weight is 252 g/mol. The van der Waals surface area contributed by atoms with Crippen LogP contribution in [0.5, 0.6) is 5.75 Å². The van der Waals surface area contributed by atoms with E-state index in [1.54, 1.807) is 31.4 Å². The molecule has 4 heteroatoms. The molecule has 0 saturated heterocycles. The van der Waals surface area contributed by atoms with E-state index in [4.69, 9.17) is 14.2 Å². The van der Waals surface area contributed by atoms with E-state index in [0.29, 0.717) is 24.5 Å². The maximum atomic E-state index is 11.9. The molecule has 0 aliphatic heterocycles. The molecule has 0 heterocycles. The van der Waals surface area contributed by atoms with Gasteiger partial charge in [-0.3, -0.25) is 4.79 Å². The third-order valence-electron chi connectivity index (χ3n) is 2.45. The van der Waals surface area contributed by atoms with Crippen LogP contribution in [0, 0.1) is 0 Å². The fourth-order valence-corrected chi connectivity index (χ4v) is 1.43. The van der Waals surface area contributed by atoms with Crippen LogP contribution in [0.25, 0.3) is 0 Å². The number of carbonyl (C=O) groups is 1. The summed E-state index contributed by atoms with van der Waals surface area (Å²) < 4.78 is 15.7. The van der Waals surface area contributed by atoms with E-state index in [2.05, 4.69) is 0 Å². The zero-order chi connectivity index (χ0) is 13.4. The Bertz CT molecular complexity index is 376. The van der Waals surface area contributed by atoms with Crippen molar-refractivity contribution in [1.82, 2.24) is 0 Å². The van der Waals surface area contributed by atoms with E-state index in [1.165, 1.54) is 0 Å². The Morgan fingerprint density at radius 1 is 1.39 bits per heavy atom. The number of methoxy groups -OCH3 is 1. The molecule has 1 aromatic rings. The number of Topliss-reactive ketones (excluding diaryl/α,β-unsaturated/α-hetero) is 1. The Kier molecular flexibility index (Phi) is 6.39. The minimum atomic E-state index is -0.0838. The van der Waals surface area contributed by atoms with Gasteiger partial charge in [-0.1, -0.05) is 12.1 Å². The van der Waals surface area contributed by atoms with Crippen molar-refractivity contribution in [1.29, 1.82) is 0 Å². The standard InChI is InChI=1S/C14H20O4/c1-4-17-9-11(2)18-10-14(15)12-6-5-7-13(8-12)16-3/h5-8,11H,4,9-10H2,1-3H3. The Labute approximate surface area is 108 Å². The molecule has 0 radical (unpaired) electrons. The van der Waals surface area contributed by atoms with Crippen LogP contribution in [0.1, 0.15) is 24.2 Å². The van der Waals surface area contributed by atoms with Crippen molar-refractivity contribution < 1.29 is 19.0 Å². The molecule has 0 aliphatic carbocycles. The van der Waals surface area contributed by atoms with Crippen molar-refractivity contribution in [3.8, 4) is 5.75 Å². The fraction of sp³-hybridized carbons (Fsp3) is 0.500. The van der Waals surface area contributed by atoms with Gasteiger partial charge in [-0.15, -0.1) is 0 Å². The van der Waals surface area contributed by atoms with Gasteiger partial charge in [-0.25, -0.2) is 0 Å². The lowest BCUT2D eigenvalue weighted by molar-refractivity contribution is 0.00115. The smallest absolute Gasteiger partial charge is 0.188 e. The molecule has 4 nitrogen and oxygen atoms in total. The maximum absolute atomic E-state index is 11.9. The molecule has 0 saturated carbocycles. The quantitative estimate of drug-likeness (QED) is 0.666. The van der Waals surface area contributed by atoms with Crippen LogP contribution in [-0.4, -0.2) is 38.8 Å². The van der Waals surface area contributed by atoms with Gasteiger partial charge < -0.3 is 14.2 Å². The lowest BCUT2D eigenvalue weighted by atomic mass is 10.1. The molecule has 0 fully saturated rings. The number of hydrogen-bond donors (Lipinski definition) is 0. The summed E-state index contributed by atoms with van der Waals surface area (Å²) in [5.41, 5.74) is 0.595. The summed E-state index contributed by atoms with van der Waals surface area (Å²) in [4.78, 5) is 11.9. The highest BCUT2D eigenvalue weighted by molar-refractivity contribution is 5.97. The third-order valence-corrected chi connectivity index (χ3v) is 2.45. The highest BCUT2D eigenvalue weighted by atomic mass is 16.5. The van der Waals surface area contributed by atoms with Gasteiger partial charge in [0, 0.05) is 12.2 Å². The third kappa shape index (κ3) is 4.85. The summed E-state index contributed by atoms with van der Waals surface area (Å²) in [7, 11) is 1.57. The van der Waals surface area contributed by atoms with Crippen LogP contribution >= 0.6 is 0 Å². The number of benzene rings is 1. The van der Waals surface area contributed by atoms with Gasteiger partial charge in [-0.05, 0) is 26.0 Å². The Balaban J connectivity index is 2.44. The summed E-state index contributed by atoms with van der Waals surface area (Å²) in [5, 5.41) is 0. The topological polar surface area (TPSA) is 44.8 Å². The molecule has 1 atom stereocenters. The molecule has 1 rings (SSSR count). The molecule has 0 N–H and O–H groups in total. The molecule has 0 aliphatic rings. The fourth-order valence-electron chi connectivity index (χ4n) is 1.43. The van der Waals surface area contributed by atoms with Crippen molar-refractivity contribution >= 4 is 5.78 Å². The molecule has 1 unspecified atom stereocenters. The highest BCUT2D eigenvalue weighted by Gasteiger charge is 2.10. The Hall–Kier alpha value is -1.39. The van der Waals surface area contributed by atoms with E-state index in [1.807, 2.05) is 13.8 Å². The van der Waals surface area contributed by atoms with Gasteiger partial charge in [0.05, 0.1) is 19.8 Å². The lowest BCUT2D eigenvalue weighted by Gasteiger charge is -2.12. The molecule has 0 spiro atoms. The molecule has 0 bridgehead atoms. The van der Waals surface area contributed by atoms with E-state index in [0.717, 1.165) is 0 Å². The predicted octanol–water partition coefficient (Wildman–Crippen LogP) is 2.32. The number of hydrogen-bond acceptors (Lipinski definition) is 4. The summed E-state index contributed by atoms with van der Waals surface area (Å²) in [6.07, 6.45) is -0.0838. The number of ether oxygens (including phenoxy) is 3. The zero-order valence-electron chi connectivity index (χ0n) is 11.1. The minimum Gasteiger partial charge on any atom is -0.497 e. The predicted molar refractivity (Wildman–Crippen MR) is 69.2 cm³/mol. The van der Waals surface area contributed by atoms with Crippen LogP contribution in [-0.2, 0) is 9.47 Å². The number of ketones is 1. The van der Waals surface area contributed by atoms with Gasteiger partial charge in [0.2, 0.25) is 0 Å². The monoisotopic (exact) mass is 252 g/mol. The summed E-state index contributed by atoms with van der Waals surface area (Å²) in [5.74, 6) is 0.612. The minimum absolute atomic E-state index is 0.0570. The SMILES string of the molecule is CCOCC(C)OCC(=O)c1cccc(OC)c1. The summed E-state index contributed by atoms with van der Waals surface area (Å²) in [6.45, 7) is 5.02. The van der Waals surface area contributed by atoms with Crippen molar-refractivity contribution in [2.24, 2.45) is 0 Å². The second-order valence-corrected chi connectivity index (χ2v) is 3.94. The van der Waals surface area contributed by atoms with Crippen LogP contribution < -0.4 is 4.74 Å². The normalized spacial score (nSPS) is 12.2. The first-order valence-electron chi connectivity index (χ1n) is 6.04. The van der Waals surface area contributed by atoms with Crippen LogP contribution in [0.4, 0.5) is 0 Å². The van der Waals surface area contributed by atoms with Crippen molar-refractivity contribution in [2.75, 3.05) is 26.9 Å². The molecular formula is C14H20O4. The molecule has 18 heavy (non-hydrogen) atoms. The van der Waals surface area contributed by atoms with Crippen LogP contribution in [0.15, 0.2) is 24.3 Å². The van der Waals surface area contributed by atoms with Gasteiger partial charge in [0.15, 0.2) is 5.78 Å². The molecular weight excluding hydrogens is 232 g/mol. The van der Waals surface area contributed by atoms with Crippen molar-refractivity contribution in [2.45, 2.75) is 20.0 Å². The van der Waals surface area contributed by atoms with Crippen molar-refractivity contribution in [3.63, 3.8) is 0 Å². The summed E-state index contributed by atoms with van der Waals surface area (Å²) >= 11 is 0. The maximum Gasteiger partial charge on any atom is 0.188 e. The zero-order valence-corrected chi connectivity index (χ0v) is 11.1. The molecule has 1 aromatic carbocycles. The van der Waals surface area contributed by atoms with E-state index >= 15 is 0 Å². The molecule has 100 valence electrons. The molecule has 0 amide bonds. The van der Waals surface area contributed by atoms with Crippen molar-refractivity contribution in [3.05, 3.63) is 29.8 Å². The first kappa shape index (κ1) is 14.7. The first-order valence-corrected chi connectivity index (χ1v) is 6.04. The van der Waals surface area contributed by atoms with Gasteiger partial charge in [0.1, 0.15) is 12.4 Å². The Morgan fingerprint density at radius 3 is 2.83 bits per heavy atom. The van der Waals surface area contributed by atoms with Gasteiger partial charge in [-0.2, -0.15) is 0 Å². The lowest BCUT2D eigenvalue weighted by Crippen LogP contribution is -2.20. The van der Waals surface area contributed by atoms with Gasteiger partial charge >= 0.3 is 0 Å². The Morgan fingerprint density at radius 2 is 2.17 bits per heavy atom. The molecule has 0 aromatic heterocycles. The number of rotatable bonds is 8. The van der Waals surface area contributed by atoms with Gasteiger partial charge in [0.25, 0.3) is 0 Å². The second-order valence-electron chi connectivity index (χ2n) is 3.94. The highest BCUT2D eigenvalue weighted by Crippen LogP contribution is 2.13. The van der Waals surface area contributed by atoms with E-state index in [-0.39, 0.29) is 18.5 Å². The largest absolute Gasteiger partial charge is 0.497 e. The second kappa shape index (κ2) is 7.84. The van der Waals surface area contributed by atoms with E-state index < -0.39 is 0 Å². The summed E-state index contributed by atoms with van der Waals surface area (Å²) in [6, 6.07) is 7.05. The number of carbonyl (C=O) groups excluding carboxylic acids is 1. The van der Waals surface area contributed by atoms with E-state index in [9.17, 15) is 4.79 Å². The van der Waals surface area contributed by atoms with Crippen LogP contribution in [0.2, 0.25) is 0 Å². The van der Waals surface area contributed by atoms with Crippen LogP contribution in [0.3, 0.4) is 0 Å². The first-order chi connectivity index (χ1) is 8.67.